The van der Waals surface area contributed by atoms with E-state index in [1.807, 2.05) is 0 Å². The van der Waals surface area contributed by atoms with Gasteiger partial charge in [-0.3, -0.25) is 0 Å². The molecule has 4 nitrogen and oxygen atoms in total. The van der Waals surface area contributed by atoms with E-state index < -0.39 is 7.32 Å². The van der Waals surface area contributed by atoms with Crippen LogP contribution in [-0.2, 0) is 0 Å². The second kappa shape index (κ2) is 22.5. The van der Waals surface area contributed by atoms with E-state index in [0.29, 0.717) is 0 Å². The summed E-state index contributed by atoms with van der Waals surface area (Å²) in [7, 11) is -2.17. The molecule has 0 aromatic heterocycles. The van der Waals surface area contributed by atoms with Crippen molar-refractivity contribution in [1.82, 2.24) is 0 Å². The van der Waals surface area contributed by atoms with Crippen molar-refractivity contribution in [2.45, 2.75) is 0 Å². The van der Waals surface area contributed by atoms with E-state index in [2.05, 4.69) is 0 Å². The van der Waals surface area contributed by atoms with Gasteiger partial charge < -0.3 is 23.4 Å². The Morgan fingerprint density at radius 3 is 0.875 bits per heavy atom. The van der Waals surface area contributed by atoms with Gasteiger partial charge in [-0.15, -0.1) is 0 Å². The van der Waals surface area contributed by atoms with Gasteiger partial charge in [-0.25, -0.2) is 0 Å². The fourth-order valence-corrected chi connectivity index (χ4v) is 0. The fourth-order valence-electron chi connectivity index (χ4n) is 0. The van der Waals surface area contributed by atoms with Crippen molar-refractivity contribution in [2.24, 2.45) is 0 Å². The predicted molar refractivity (Wildman–Crippen MR) is 16.6 cm³/mol. The van der Waals surface area contributed by atoms with E-state index in [0.717, 1.165) is 0 Å². The number of hydrogen-bond donors (Lipinski definition) is 3. The van der Waals surface area contributed by atoms with E-state index in [9.17, 15) is 0 Å². The Bertz CT molecular complexity index is 23.2. The summed E-state index contributed by atoms with van der Waals surface area (Å²) in [5.74, 6) is 0. The van der Waals surface area contributed by atoms with Crippen molar-refractivity contribution >= 4 is 7.32 Å². The maximum Gasteiger partial charge on any atom is 1.00 e. The molecule has 0 atom stereocenters. The standard InChI is InChI=1S/BH3O3.3Na.H2O.2H/c2-1(3)4;;;;;;/h2-4H;;;;1H2;;/q;3*+1;;2*-1/p-1. The second-order valence-electron chi connectivity index (χ2n) is 0.346. The van der Waals surface area contributed by atoms with Gasteiger partial charge in [-0.2, -0.15) is 0 Å². The van der Waals surface area contributed by atoms with E-state index >= 15 is 0 Å². The summed E-state index contributed by atoms with van der Waals surface area (Å²) in [5.41, 5.74) is 0. The number of hydrogen-bond acceptors (Lipinski definition) is 4. The zero-order valence-electron chi connectivity index (χ0n) is 7.37. The van der Waals surface area contributed by atoms with Crippen molar-refractivity contribution < 1.29 is 112 Å². The quantitative estimate of drug-likeness (QED) is 0.299. The van der Waals surface area contributed by atoms with Crippen LogP contribution in [0.2, 0.25) is 0 Å². The SMILES string of the molecule is OB(O)O.[H-].[H-].[Na+].[Na+].[Na+].[OH-]. The Labute approximate surface area is 117 Å². The monoisotopic (exact) mass is 150 g/mol. The first-order valence-corrected chi connectivity index (χ1v) is 0.775. The molecule has 0 saturated heterocycles. The molecule has 0 aliphatic rings. The average molecular weight is 150 g/mol. The Kier molecular flexibility index (Phi) is 86.4. The average Bonchev–Trinajstić information content (AvgIpc) is 0.811. The third-order valence-electron chi connectivity index (χ3n) is 0. The summed E-state index contributed by atoms with van der Waals surface area (Å²) < 4.78 is 0. The molecule has 0 heterocycles. The van der Waals surface area contributed by atoms with Crippen LogP contribution in [0.25, 0.3) is 0 Å². The molecule has 0 aliphatic heterocycles. The van der Waals surface area contributed by atoms with Crippen LogP contribution in [0.3, 0.4) is 0 Å². The van der Waals surface area contributed by atoms with Crippen molar-refractivity contribution in [3.8, 4) is 0 Å². The molecule has 8 heteroatoms. The smallest absolute Gasteiger partial charge is 1.00 e. The van der Waals surface area contributed by atoms with Gasteiger partial charge in [-0.1, -0.05) is 0 Å². The van der Waals surface area contributed by atoms with E-state index in [1.54, 1.807) is 0 Å². The van der Waals surface area contributed by atoms with Crippen LogP contribution in [0.5, 0.6) is 0 Å². The van der Waals surface area contributed by atoms with Crippen LogP contribution < -0.4 is 88.7 Å². The molecule has 0 fully saturated rings. The van der Waals surface area contributed by atoms with Crippen molar-refractivity contribution in [2.75, 3.05) is 0 Å². The van der Waals surface area contributed by atoms with Gasteiger partial charge in [0.05, 0.1) is 0 Å². The topological polar surface area (TPSA) is 90.7 Å². The van der Waals surface area contributed by atoms with Crippen molar-refractivity contribution in [3.05, 3.63) is 0 Å². The molecule has 0 amide bonds. The first-order chi connectivity index (χ1) is 1.73. The van der Waals surface area contributed by atoms with E-state index in [1.165, 1.54) is 0 Å². The molecule has 8 heavy (non-hydrogen) atoms. The van der Waals surface area contributed by atoms with Crippen LogP contribution in [0.4, 0.5) is 0 Å². The van der Waals surface area contributed by atoms with Gasteiger partial charge in [-0.05, 0) is 0 Å². The minimum absolute atomic E-state index is 0. The Morgan fingerprint density at radius 2 is 0.875 bits per heavy atom. The molecule has 0 saturated carbocycles. The molecule has 0 aliphatic carbocycles. The molecule has 0 radical (unpaired) electrons. The van der Waals surface area contributed by atoms with Crippen molar-refractivity contribution in [1.29, 1.82) is 0 Å². The van der Waals surface area contributed by atoms with Crippen LogP contribution in [0.1, 0.15) is 2.85 Å². The minimum Gasteiger partial charge on any atom is -1.00 e. The molecule has 4 N–H and O–H groups in total. The van der Waals surface area contributed by atoms with Gasteiger partial charge in [0.2, 0.25) is 0 Å². The second-order valence-corrected chi connectivity index (χ2v) is 0.346. The molecular weight excluding hydrogens is 144 g/mol. The van der Waals surface area contributed by atoms with Gasteiger partial charge in [0, 0.05) is 0 Å². The Balaban J connectivity index is -0.00000000300. The summed E-state index contributed by atoms with van der Waals surface area (Å²) in [6.45, 7) is 0. The first-order valence-electron chi connectivity index (χ1n) is 0.775. The summed E-state index contributed by atoms with van der Waals surface area (Å²) in [6.07, 6.45) is 0. The summed E-state index contributed by atoms with van der Waals surface area (Å²) >= 11 is 0. The molecule has 0 spiro atoms. The van der Waals surface area contributed by atoms with Crippen LogP contribution in [0, 0.1) is 0 Å². The molecular formula is H6BNa3O4. The maximum absolute atomic E-state index is 7.17. The Morgan fingerprint density at radius 1 is 0.875 bits per heavy atom. The van der Waals surface area contributed by atoms with E-state index in [4.69, 9.17) is 15.1 Å². The van der Waals surface area contributed by atoms with Crippen LogP contribution in [-0.4, -0.2) is 27.9 Å². The third-order valence-corrected chi connectivity index (χ3v) is 0. The molecule has 36 valence electrons. The molecule has 0 unspecified atom stereocenters. The third kappa shape index (κ3) is 65.9. The summed E-state index contributed by atoms with van der Waals surface area (Å²) in [5, 5.41) is 21.5. The maximum atomic E-state index is 7.17. The summed E-state index contributed by atoms with van der Waals surface area (Å²) in [4.78, 5) is 0. The largest absolute Gasteiger partial charge is 1.00 e. The summed E-state index contributed by atoms with van der Waals surface area (Å²) in [6, 6.07) is 0. The number of rotatable bonds is 0. The normalized spacial score (nSPS) is 3.38. The van der Waals surface area contributed by atoms with Gasteiger partial charge in [0.15, 0.2) is 0 Å². The zero-order chi connectivity index (χ0) is 3.58. The van der Waals surface area contributed by atoms with Gasteiger partial charge in [0.1, 0.15) is 0 Å². The van der Waals surface area contributed by atoms with Gasteiger partial charge >= 0.3 is 96.0 Å². The molecule has 0 bridgehead atoms. The van der Waals surface area contributed by atoms with Crippen LogP contribution >= 0.6 is 0 Å². The predicted octanol–water partition coefficient (Wildman–Crippen LogP) is -11.0. The fraction of sp³-hybridized carbons (Fsp3) is 0. The molecule has 0 rings (SSSR count). The first kappa shape index (κ1) is 30.7. The minimum atomic E-state index is -2.17. The van der Waals surface area contributed by atoms with Gasteiger partial charge in [0.25, 0.3) is 0 Å². The van der Waals surface area contributed by atoms with Crippen molar-refractivity contribution in [3.63, 3.8) is 0 Å². The van der Waals surface area contributed by atoms with Crippen LogP contribution in [0.15, 0.2) is 0 Å². The Hall–Kier alpha value is 2.90. The molecule has 0 aromatic carbocycles. The molecule has 0 aromatic rings. The zero-order valence-corrected chi connectivity index (χ0v) is 11.4. The van der Waals surface area contributed by atoms with E-state index in [-0.39, 0.29) is 97.0 Å².